The maximum atomic E-state index is 12.9. The lowest BCUT2D eigenvalue weighted by molar-refractivity contribution is 0.102. The number of amides is 2. The molecule has 0 aliphatic heterocycles. The van der Waals surface area contributed by atoms with E-state index < -0.39 is 0 Å². The minimum absolute atomic E-state index is 0.206. The summed E-state index contributed by atoms with van der Waals surface area (Å²) in [6.07, 6.45) is 1.96. The van der Waals surface area contributed by atoms with Crippen molar-refractivity contribution in [2.45, 2.75) is 6.92 Å². The fourth-order valence-electron chi connectivity index (χ4n) is 3.18. The molecule has 7 heteroatoms. The van der Waals surface area contributed by atoms with E-state index in [9.17, 15) is 9.59 Å². The molecule has 29 heavy (non-hydrogen) atoms. The van der Waals surface area contributed by atoms with Crippen molar-refractivity contribution in [2.24, 2.45) is 7.05 Å². The highest BCUT2D eigenvalue weighted by Gasteiger charge is 2.17. The Bertz CT molecular complexity index is 1240. The quantitative estimate of drug-likeness (QED) is 0.441. The van der Waals surface area contributed by atoms with Gasteiger partial charge in [-0.25, -0.2) is 0 Å². The summed E-state index contributed by atoms with van der Waals surface area (Å²) in [6, 6.07) is 16.4. The Morgan fingerprint density at radius 3 is 2.59 bits per heavy atom. The molecule has 4 rings (SSSR count). The average molecular weight is 424 g/mol. The van der Waals surface area contributed by atoms with Gasteiger partial charge in [-0.05, 0) is 48.9 Å². The largest absolute Gasteiger partial charge is 0.350 e. The molecule has 2 amide bonds. The third kappa shape index (κ3) is 3.77. The van der Waals surface area contributed by atoms with Gasteiger partial charge in [-0.15, -0.1) is 11.3 Å². The summed E-state index contributed by atoms with van der Waals surface area (Å²) in [7, 11) is 1.96. The fraction of sp³-hybridized carbons (Fsp3) is 0.0909. The summed E-state index contributed by atoms with van der Waals surface area (Å²) in [5, 5.41) is 7.76. The molecule has 0 spiro atoms. The van der Waals surface area contributed by atoms with Crippen molar-refractivity contribution >= 4 is 56.3 Å². The van der Waals surface area contributed by atoms with Gasteiger partial charge in [-0.3, -0.25) is 9.59 Å². The first kappa shape index (κ1) is 19.2. The van der Waals surface area contributed by atoms with Gasteiger partial charge in [0, 0.05) is 24.1 Å². The normalized spacial score (nSPS) is 10.9. The molecule has 0 saturated carbocycles. The minimum Gasteiger partial charge on any atom is -0.350 e. The molecule has 2 heterocycles. The SMILES string of the molecule is Cc1cc(NC(=O)c2ccccc2Cl)sc1C(=O)Nc1cccc2c1ccn2C. The number of fused-ring (bicyclic) bond motifs is 1. The van der Waals surface area contributed by atoms with Crippen molar-refractivity contribution in [1.82, 2.24) is 4.57 Å². The molecule has 0 fully saturated rings. The second-order valence-corrected chi connectivity index (χ2v) is 8.14. The van der Waals surface area contributed by atoms with Gasteiger partial charge in [0.05, 0.1) is 26.2 Å². The van der Waals surface area contributed by atoms with Crippen LogP contribution in [0.4, 0.5) is 10.7 Å². The summed E-state index contributed by atoms with van der Waals surface area (Å²) >= 11 is 7.32. The molecule has 0 atom stereocenters. The van der Waals surface area contributed by atoms with E-state index in [1.807, 2.05) is 49.0 Å². The number of carbonyl (C=O) groups is 2. The number of thiophene rings is 1. The summed E-state index contributed by atoms with van der Waals surface area (Å²) in [6.45, 7) is 1.85. The highest BCUT2D eigenvalue weighted by molar-refractivity contribution is 7.18. The van der Waals surface area contributed by atoms with Crippen LogP contribution < -0.4 is 10.6 Å². The lowest BCUT2D eigenvalue weighted by atomic mass is 10.2. The van der Waals surface area contributed by atoms with Crippen LogP contribution in [0, 0.1) is 6.92 Å². The first-order chi connectivity index (χ1) is 13.9. The third-order valence-corrected chi connectivity index (χ3v) is 6.14. The number of aromatic nitrogens is 1. The summed E-state index contributed by atoms with van der Waals surface area (Å²) in [4.78, 5) is 25.9. The number of hydrogen-bond acceptors (Lipinski definition) is 3. The smallest absolute Gasteiger partial charge is 0.266 e. The van der Waals surface area contributed by atoms with Crippen LogP contribution >= 0.6 is 22.9 Å². The van der Waals surface area contributed by atoms with Crippen molar-refractivity contribution in [3.05, 3.63) is 81.8 Å². The Morgan fingerprint density at radius 1 is 1.00 bits per heavy atom. The zero-order valence-electron chi connectivity index (χ0n) is 15.8. The number of nitrogens with zero attached hydrogens (tertiary/aromatic N) is 1. The van der Waals surface area contributed by atoms with Crippen molar-refractivity contribution in [3.63, 3.8) is 0 Å². The van der Waals surface area contributed by atoms with E-state index in [-0.39, 0.29) is 11.8 Å². The molecule has 0 aliphatic rings. The number of rotatable bonds is 4. The van der Waals surface area contributed by atoms with Crippen LogP contribution in [0.3, 0.4) is 0 Å². The summed E-state index contributed by atoms with van der Waals surface area (Å²) in [5.74, 6) is -0.514. The topological polar surface area (TPSA) is 63.1 Å². The third-order valence-electron chi connectivity index (χ3n) is 4.66. The maximum Gasteiger partial charge on any atom is 0.266 e. The zero-order valence-corrected chi connectivity index (χ0v) is 17.4. The van der Waals surface area contributed by atoms with Crippen LogP contribution in [-0.4, -0.2) is 16.4 Å². The lowest BCUT2D eigenvalue weighted by Crippen LogP contribution is -2.12. The van der Waals surface area contributed by atoms with Gasteiger partial charge >= 0.3 is 0 Å². The van der Waals surface area contributed by atoms with E-state index >= 15 is 0 Å². The van der Waals surface area contributed by atoms with Crippen molar-refractivity contribution in [1.29, 1.82) is 0 Å². The molecular weight excluding hydrogens is 406 g/mol. The summed E-state index contributed by atoms with van der Waals surface area (Å²) < 4.78 is 2.00. The van der Waals surface area contributed by atoms with E-state index in [4.69, 9.17) is 11.6 Å². The van der Waals surface area contributed by atoms with E-state index in [1.165, 1.54) is 11.3 Å². The predicted octanol–water partition coefficient (Wildman–Crippen LogP) is 5.71. The van der Waals surface area contributed by atoms with Crippen LogP contribution in [0.1, 0.15) is 25.6 Å². The molecule has 5 nitrogen and oxygen atoms in total. The highest BCUT2D eigenvalue weighted by atomic mass is 35.5. The van der Waals surface area contributed by atoms with E-state index in [2.05, 4.69) is 10.6 Å². The number of nitrogens with one attached hydrogen (secondary N) is 2. The van der Waals surface area contributed by atoms with Gasteiger partial charge in [-0.1, -0.05) is 29.8 Å². The minimum atomic E-state index is -0.308. The number of carbonyl (C=O) groups excluding carboxylic acids is 2. The van der Waals surface area contributed by atoms with Crippen molar-refractivity contribution < 1.29 is 9.59 Å². The van der Waals surface area contributed by atoms with Crippen LogP contribution in [0.2, 0.25) is 5.02 Å². The molecular formula is C22H18ClN3O2S. The Hall–Kier alpha value is -3.09. The number of hydrogen-bond donors (Lipinski definition) is 2. The number of halogens is 1. The second kappa shape index (κ2) is 7.73. The van der Waals surface area contributed by atoms with Crippen LogP contribution in [0.15, 0.2) is 60.8 Å². The first-order valence-corrected chi connectivity index (χ1v) is 10.1. The highest BCUT2D eigenvalue weighted by Crippen LogP contribution is 2.30. The van der Waals surface area contributed by atoms with Gasteiger partial charge in [0.25, 0.3) is 11.8 Å². The van der Waals surface area contributed by atoms with Crippen LogP contribution in [-0.2, 0) is 7.05 Å². The molecule has 146 valence electrons. The standard InChI is InChI=1S/C22H18ClN3O2S/c1-13-12-19(25-21(27)14-6-3-4-7-16(14)23)29-20(13)22(28)24-17-8-5-9-18-15(17)10-11-26(18)2/h3-12H,1-2H3,(H,24,28)(H,25,27). The van der Waals surface area contributed by atoms with Gasteiger partial charge in [0.1, 0.15) is 0 Å². The average Bonchev–Trinajstić information content (AvgIpc) is 3.25. The Balaban J connectivity index is 1.55. The molecule has 2 aromatic heterocycles. The van der Waals surface area contributed by atoms with Gasteiger partial charge in [-0.2, -0.15) is 0 Å². The Labute approximate surface area is 176 Å². The predicted molar refractivity (Wildman–Crippen MR) is 119 cm³/mol. The number of anilines is 2. The second-order valence-electron chi connectivity index (χ2n) is 6.68. The van der Waals surface area contributed by atoms with Gasteiger partial charge < -0.3 is 15.2 Å². The van der Waals surface area contributed by atoms with Crippen molar-refractivity contribution in [3.8, 4) is 0 Å². The molecule has 0 saturated heterocycles. The molecule has 0 radical (unpaired) electrons. The fourth-order valence-corrected chi connectivity index (χ4v) is 4.37. The van der Waals surface area contributed by atoms with E-state index in [0.717, 1.165) is 22.2 Å². The zero-order chi connectivity index (χ0) is 20.5. The maximum absolute atomic E-state index is 12.9. The van der Waals surface area contributed by atoms with Crippen molar-refractivity contribution in [2.75, 3.05) is 10.6 Å². The monoisotopic (exact) mass is 423 g/mol. The Kier molecular flexibility index (Phi) is 5.13. The van der Waals surface area contributed by atoms with Crippen LogP contribution in [0.25, 0.3) is 10.9 Å². The molecule has 0 aliphatic carbocycles. The Morgan fingerprint density at radius 2 is 1.79 bits per heavy atom. The lowest BCUT2D eigenvalue weighted by Gasteiger charge is -2.07. The van der Waals surface area contributed by atoms with Crippen LogP contribution in [0.5, 0.6) is 0 Å². The van der Waals surface area contributed by atoms with E-state index in [1.54, 1.807) is 30.3 Å². The molecule has 4 aromatic rings. The molecule has 2 aromatic carbocycles. The molecule has 0 unspecified atom stereocenters. The number of aryl methyl sites for hydroxylation is 2. The molecule has 2 N–H and O–H groups in total. The number of benzene rings is 2. The van der Waals surface area contributed by atoms with Gasteiger partial charge in [0.15, 0.2) is 0 Å². The molecule has 0 bridgehead atoms. The summed E-state index contributed by atoms with van der Waals surface area (Å²) in [5.41, 5.74) is 2.98. The van der Waals surface area contributed by atoms with Gasteiger partial charge in [0.2, 0.25) is 0 Å². The first-order valence-electron chi connectivity index (χ1n) is 8.96. The van der Waals surface area contributed by atoms with E-state index in [0.29, 0.717) is 20.5 Å².